The molecule has 1 aliphatic heterocycles. The molecule has 6 heteroatoms. The molecule has 0 unspecified atom stereocenters. The fourth-order valence-corrected chi connectivity index (χ4v) is 3.68. The van der Waals surface area contributed by atoms with Crippen molar-refractivity contribution in [2.45, 2.75) is 52.7 Å². The van der Waals surface area contributed by atoms with Gasteiger partial charge >= 0.3 is 0 Å². The van der Waals surface area contributed by atoms with Gasteiger partial charge in [-0.1, -0.05) is 13.8 Å². The Kier molecular flexibility index (Phi) is 6.38. The van der Waals surface area contributed by atoms with Crippen molar-refractivity contribution < 1.29 is 9.15 Å². The molecule has 1 N–H and O–H groups in total. The molecule has 0 bridgehead atoms. The molecule has 0 atom stereocenters. The van der Waals surface area contributed by atoms with Gasteiger partial charge in [-0.05, 0) is 57.6 Å². The summed E-state index contributed by atoms with van der Waals surface area (Å²) in [5.74, 6) is 1.35. The summed E-state index contributed by atoms with van der Waals surface area (Å²) < 4.78 is 11.6. The van der Waals surface area contributed by atoms with Crippen LogP contribution in [-0.4, -0.2) is 41.7 Å². The maximum absolute atomic E-state index is 9.88. The van der Waals surface area contributed by atoms with Crippen molar-refractivity contribution in [1.29, 1.82) is 5.26 Å². The molecule has 0 aliphatic carbocycles. The number of pyridine rings is 1. The van der Waals surface area contributed by atoms with Crippen LogP contribution in [0.25, 0.3) is 11.5 Å². The molecule has 0 radical (unpaired) electrons. The lowest BCUT2D eigenvalue weighted by molar-refractivity contribution is -0.0400. The summed E-state index contributed by atoms with van der Waals surface area (Å²) in [7, 11) is 0. The topological polar surface area (TPSA) is 74.3 Å². The average molecular weight is 383 g/mol. The Hall–Kier alpha value is -2.36. The van der Waals surface area contributed by atoms with Crippen molar-refractivity contribution >= 4 is 5.82 Å². The summed E-state index contributed by atoms with van der Waals surface area (Å²) in [6.45, 7) is 12.8. The number of rotatable bonds is 8. The Morgan fingerprint density at radius 1 is 1.29 bits per heavy atom. The first-order valence-electron chi connectivity index (χ1n) is 10.1. The van der Waals surface area contributed by atoms with Crippen LogP contribution >= 0.6 is 0 Å². The van der Waals surface area contributed by atoms with E-state index >= 15 is 0 Å². The molecule has 6 nitrogen and oxygen atoms in total. The highest BCUT2D eigenvalue weighted by Crippen LogP contribution is 2.37. The van der Waals surface area contributed by atoms with Gasteiger partial charge in [0.25, 0.3) is 0 Å². The number of furan rings is 1. The first-order valence-corrected chi connectivity index (χ1v) is 10.1. The highest BCUT2D eigenvalue weighted by Gasteiger charge is 2.32. The van der Waals surface area contributed by atoms with E-state index in [1.807, 2.05) is 12.1 Å². The third kappa shape index (κ3) is 4.37. The molecule has 3 rings (SSSR count). The molecule has 0 fully saturated rings. The van der Waals surface area contributed by atoms with Crippen molar-refractivity contribution in [1.82, 2.24) is 9.88 Å². The van der Waals surface area contributed by atoms with Crippen LogP contribution < -0.4 is 5.32 Å². The van der Waals surface area contributed by atoms with E-state index in [1.54, 1.807) is 6.26 Å². The number of hydrogen-bond donors (Lipinski definition) is 1. The Labute approximate surface area is 167 Å². The lowest BCUT2D eigenvalue weighted by Crippen LogP contribution is -2.33. The molecule has 0 amide bonds. The smallest absolute Gasteiger partial charge is 0.152 e. The molecular weight excluding hydrogens is 352 g/mol. The second-order valence-corrected chi connectivity index (χ2v) is 7.76. The van der Waals surface area contributed by atoms with Crippen LogP contribution in [-0.2, 0) is 17.8 Å². The Morgan fingerprint density at radius 3 is 2.71 bits per heavy atom. The molecule has 0 saturated carbocycles. The van der Waals surface area contributed by atoms with Gasteiger partial charge in [0.2, 0.25) is 0 Å². The van der Waals surface area contributed by atoms with Crippen molar-refractivity contribution in [3.63, 3.8) is 0 Å². The second kappa shape index (κ2) is 8.76. The minimum absolute atomic E-state index is 0.305. The zero-order chi connectivity index (χ0) is 20.1. The first-order chi connectivity index (χ1) is 13.5. The number of aromatic nitrogens is 1. The molecule has 3 heterocycles. The lowest BCUT2D eigenvalue weighted by atomic mass is 9.87. The van der Waals surface area contributed by atoms with E-state index in [0.29, 0.717) is 30.2 Å². The SMILES string of the molecule is CCN(CC)CCCNc1nc(-c2ccco2)c2c(c1C#N)CC(C)(C)OC2. The molecule has 0 spiro atoms. The summed E-state index contributed by atoms with van der Waals surface area (Å²) in [4.78, 5) is 7.17. The fraction of sp³-hybridized carbons (Fsp3) is 0.545. The molecular formula is C22H30N4O2. The Balaban J connectivity index is 1.91. The van der Waals surface area contributed by atoms with Crippen LogP contribution in [0.5, 0.6) is 0 Å². The first kappa shape index (κ1) is 20.4. The van der Waals surface area contributed by atoms with E-state index in [4.69, 9.17) is 14.1 Å². The number of anilines is 1. The number of hydrogen-bond acceptors (Lipinski definition) is 6. The Bertz CT molecular complexity index is 833. The Morgan fingerprint density at radius 2 is 2.07 bits per heavy atom. The molecule has 0 saturated heterocycles. The molecule has 2 aromatic heterocycles. The lowest BCUT2D eigenvalue weighted by Gasteiger charge is -2.33. The monoisotopic (exact) mass is 382 g/mol. The van der Waals surface area contributed by atoms with Crippen molar-refractivity contribution in [2.24, 2.45) is 0 Å². The third-order valence-corrected chi connectivity index (χ3v) is 5.33. The average Bonchev–Trinajstić information content (AvgIpc) is 3.21. The summed E-state index contributed by atoms with van der Waals surface area (Å²) in [6, 6.07) is 6.14. The predicted molar refractivity (Wildman–Crippen MR) is 110 cm³/mol. The van der Waals surface area contributed by atoms with Gasteiger partial charge < -0.3 is 19.4 Å². The summed E-state index contributed by atoms with van der Waals surface area (Å²) in [6.07, 6.45) is 3.32. The number of fused-ring (bicyclic) bond motifs is 1. The van der Waals surface area contributed by atoms with E-state index in [9.17, 15) is 5.26 Å². The van der Waals surface area contributed by atoms with Gasteiger partial charge in [-0.2, -0.15) is 5.26 Å². The zero-order valence-corrected chi connectivity index (χ0v) is 17.3. The quantitative estimate of drug-likeness (QED) is 0.690. The second-order valence-electron chi connectivity index (χ2n) is 7.76. The summed E-state index contributed by atoms with van der Waals surface area (Å²) in [5, 5.41) is 13.3. The standard InChI is InChI=1S/C22H30N4O2/c1-5-26(6-2)11-8-10-24-21-17(14-23)16-13-22(3,4)28-15-18(16)20(25-21)19-9-7-12-27-19/h7,9,12H,5-6,8,10-11,13,15H2,1-4H3,(H,24,25). The molecule has 28 heavy (non-hydrogen) atoms. The number of nitrogens with one attached hydrogen (secondary N) is 1. The normalized spacial score (nSPS) is 15.3. The van der Waals surface area contributed by atoms with Gasteiger partial charge in [-0.15, -0.1) is 0 Å². The highest BCUT2D eigenvalue weighted by atomic mass is 16.5. The highest BCUT2D eigenvalue weighted by molar-refractivity contribution is 5.69. The van der Waals surface area contributed by atoms with Gasteiger partial charge in [-0.25, -0.2) is 4.98 Å². The zero-order valence-electron chi connectivity index (χ0n) is 17.3. The maximum Gasteiger partial charge on any atom is 0.152 e. The van der Waals surface area contributed by atoms with Crippen LogP contribution in [0, 0.1) is 11.3 Å². The van der Waals surface area contributed by atoms with Crippen LogP contribution in [0.1, 0.15) is 50.8 Å². The summed E-state index contributed by atoms with van der Waals surface area (Å²) in [5.41, 5.74) is 3.07. The van der Waals surface area contributed by atoms with Crippen molar-refractivity contribution in [3.05, 3.63) is 35.1 Å². The predicted octanol–water partition coefficient (Wildman–Crippen LogP) is 4.21. The van der Waals surface area contributed by atoms with Crippen LogP contribution in [0.2, 0.25) is 0 Å². The van der Waals surface area contributed by atoms with Gasteiger partial charge in [0.1, 0.15) is 17.6 Å². The van der Waals surface area contributed by atoms with E-state index in [0.717, 1.165) is 49.4 Å². The van der Waals surface area contributed by atoms with Crippen LogP contribution in [0.15, 0.2) is 22.8 Å². The van der Waals surface area contributed by atoms with Crippen molar-refractivity contribution in [3.8, 4) is 17.5 Å². The number of nitriles is 1. The fourth-order valence-electron chi connectivity index (χ4n) is 3.68. The third-order valence-electron chi connectivity index (χ3n) is 5.33. The van der Waals surface area contributed by atoms with Crippen LogP contribution in [0.4, 0.5) is 5.82 Å². The minimum Gasteiger partial charge on any atom is -0.463 e. The minimum atomic E-state index is -0.305. The molecule has 2 aromatic rings. The van der Waals surface area contributed by atoms with Gasteiger partial charge in [0.05, 0.1) is 24.0 Å². The largest absolute Gasteiger partial charge is 0.463 e. The molecule has 1 aliphatic rings. The number of nitrogens with zero attached hydrogens (tertiary/aromatic N) is 3. The molecule has 0 aromatic carbocycles. The van der Waals surface area contributed by atoms with Gasteiger partial charge in [0.15, 0.2) is 5.76 Å². The van der Waals surface area contributed by atoms with E-state index in [1.165, 1.54) is 0 Å². The van der Waals surface area contributed by atoms with Crippen molar-refractivity contribution in [2.75, 3.05) is 31.5 Å². The summed E-state index contributed by atoms with van der Waals surface area (Å²) >= 11 is 0. The van der Waals surface area contributed by atoms with E-state index in [2.05, 4.69) is 44.0 Å². The van der Waals surface area contributed by atoms with Gasteiger partial charge in [0, 0.05) is 18.5 Å². The number of ether oxygens (including phenoxy) is 1. The van der Waals surface area contributed by atoms with Crippen LogP contribution in [0.3, 0.4) is 0 Å². The molecule has 150 valence electrons. The van der Waals surface area contributed by atoms with Gasteiger partial charge in [-0.3, -0.25) is 0 Å². The van der Waals surface area contributed by atoms with E-state index in [-0.39, 0.29) is 5.60 Å². The maximum atomic E-state index is 9.88. The van der Waals surface area contributed by atoms with E-state index < -0.39 is 0 Å².